The van der Waals surface area contributed by atoms with E-state index in [1.807, 2.05) is 0 Å². The van der Waals surface area contributed by atoms with Gasteiger partial charge in [0.25, 0.3) is 0 Å². The van der Waals surface area contributed by atoms with Gasteiger partial charge in [-0.1, -0.05) is 18.2 Å². The van der Waals surface area contributed by atoms with Crippen LogP contribution in [-0.2, 0) is 4.74 Å². The molecule has 0 unspecified atom stereocenters. The van der Waals surface area contributed by atoms with Crippen LogP contribution in [-0.4, -0.2) is 17.9 Å². The number of hydrogen-bond acceptors (Lipinski definition) is 2. The average molecular weight is 137 g/mol. The summed E-state index contributed by atoms with van der Waals surface area (Å²) in [6, 6.07) is 0. The van der Waals surface area contributed by atoms with Gasteiger partial charge in [-0.2, -0.15) is 0 Å². The number of carboxylic acid groups (broad SMARTS) is 1. The molecule has 0 aliphatic heterocycles. The lowest BCUT2D eigenvalue weighted by Gasteiger charge is -1.93. The van der Waals surface area contributed by atoms with Gasteiger partial charge < -0.3 is 9.84 Å². The summed E-state index contributed by atoms with van der Waals surface area (Å²) in [6.45, 7) is 3.06. The summed E-state index contributed by atoms with van der Waals surface area (Å²) >= 11 is 5.14. The minimum Gasteiger partial charge on any atom is -0.450 e. The molecule has 1 N–H and O–H groups in total. The predicted molar refractivity (Wildman–Crippen MR) is 29.0 cm³/mol. The first-order valence-corrected chi connectivity index (χ1v) is 2.19. The van der Waals surface area contributed by atoms with Gasteiger partial charge in [0.05, 0.1) is 0 Å². The van der Waals surface area contributed by atoms with Crippen LogP contribution in [0.5, 0.6) is 0 Å². The lowest BCUT2D eigenvalue weighted by Crippen LogP contribution is -2.00. The van der Waals surface area contributed by atoms with Crippen molar-refractivity contribution in [3.05, 3.63) is 11.6 Å². The molecule has 0 aromatic heterocycles. The molecule has 0 spiro atoms. The maximum atomic E-state index is 9.58. The highest BCUT2D eigenvalue weighted by molar-refractivity contribution is 6.29. The highest BCUT2D eigenvalue weighted by Crippen LogP contribution is 1.95. The molecule has 0 radical (unpaired) electrons. The maximum Gasteiger partial charge on any atom is 0.506 e. The Morgan fingerprint density at radius 3 is 2.50 bits per heavy atom. The number of rotatable bonds is 2. The van der Waals surface area contributed by atoms with Crippen LogP contribution in [0.4, 0.5) is 4.79 Å². The fourth-order valence-corrected chi connectivity index (χ4v) is 0.195. The number of carbonyl (C=O) groups is 1. The molecule has 0 amide bonds. The Morgan fingerprint density at radius 2 is 2.38 bits per heavy atom. The Morgan fingerprint density at radius 1 is 1.88 bits per heavy atom. The highest BCUT2D eigenvalue weighted by atomic mass is 35.5. The molecule has 8 heavy (non-hydrogen) atoms. The molecule has 0 aliphatic rings. The Hall–Kier alpha value is -0.700. The van der Waals surface area contributed by atoms with Gasteiger partial charge >= 0.3 is 6.16 Å². The van der Waals surface area contributed by atoms with Crippen molar-refractivity contribution in [2.45, 2.75) is 0 Å². The van der Waals surface area contributed by atoms with Gasteiger partial charge in [0, 0.05) is 5.03 Å². The zero-order chi connectivity index (χ0) is 6.57. The highest BCUT2D eigenvalue weighted by Gasteiger charge is 1.94. The third-order valence-electron chi connectivity index (χ3n) is 0.352. The van der Waals surface area contributed by atoms with Crippen LogP contribution in [0, 0.1) is 0 Å². The maximum absolute atomic E-state index is 9.58. The van der Waals surface area contributed by atoms with E-state index in [0.29, 0.717) is 0 Å². The van der Waals surface area contributed by atoms with Crippen molar-refractivity contribution in [2.75, 3.05) is 6.61 Å². The van der Waals surface area contributed by atoms with E-state index in [4.69, 9.17) is 16.7 Å². The quantitative estimate of drug-likeness (QED) is 0.585. The lowest BCUT2D eigenvalue weighted by atomic mass is 10.7. The zero-order valence-electron chi connectivity index (χ0n) is 4.06. The van der Waals surface area contributed by atoms with E-state index in [0.717, 1.165) is 0 Å². The first-order valence-electron chi connectivity index (χ1n) is 1.82. The second-order valence-corrected chi connectivity index (χ2v) is 1.61. The van der Waals surface area contributed by atoms with Crippen molar-refractivity contribution in [1.29, 1.82) is 0 Å². The Kier molecular flexibility index (Phi) is 3.03. The molecule has 0 bridgehead atoms. The fraction of sp³-hybridized carbons (Fsp3) is 0.250. The Balaban J connectivity index is 3.18. The van der Waals surface area contributed by atoms with E-state index in [2.05, 4.69) is 11.3 Å². The van der Waals surface area contributed by atoms with Crippen molar-refractivity contribution < 1.29 is 14.6 Å². The van der Waals surface area contributed by atoms with Crippen molar-refractivity contribution in [3.8, 4) is 0 Å². The van der Waals surface area contributed by atoms with E-state index in [1.165, 1.54) is 0 Å². The monoisotopic (exact) mass is 136 g/mol. The molecule has 0 rings (SSSR count). The summed E-state index contributed by atoms with van der Waals surface area (Å²) in [7, 11) is 0. The van der Waals surface area contributed by atoms with Crippen molar-refractivity contribution in [3.63, 3.8) is 0 Å². The smallest absolute Gasteiger partial charge is 0.450 e. The van der Waals surface area contributed by atoms with E-state index in [9.17, 15) is 4.79 Å². The number of hydrogen-bond donors (Lipinski definition) is 1. The second-order valence-electron chi connectivity index (χ2n) is 1.07. The third kappa shape index (κ3) is 5.30. The summed E-state index contributed by atoms with van der Waals surface area (Å²) in [5.74, 6) is 0. The fourth-order valence-electron chi connectivity index (χ4n) is 0.140. The third-order valence-corrected chi connectivity index (χ3v) is 0.461. The molecule has 0 heterocycles. The minimum absolute atomic E-state index is 0.142. The van der Waals surface area contributed by atoms with Crippen LogP contribution in [0.1, 0.15) is 0 Å². The molecule has 0 aromatic rings. The topological polar surface area (TPSA) is 46.5 Å². The van der Waals surface area contributed by atoms with Crippen molar-refractivity contribution in [1.82, 2.24) is 0 Å². The standard InChI is InChI=1S/C4H5ClO3/c1-3(5)2-8-4(6)7/h1-2H2,(H,6,7). The van der Waals surface area contributed by atoms with Gasteiger partial charge in [0.2, 0.25) is 0 Å². The summed E-state index contributed by atoms with van der Waals surface area (Å²) in [6.07, 6.45) is -1.34. The number of halogens is 1. The van der Waals surface area contributed by atoms with E-state index in [-0.39, 0.29) is 11.6 Å². The molecule has 4 heteroatoms. The van der Waals surface area contributed by atoms with E-state index in [1.54, 1.807) is 0 Å². The molecule has 46 valence electrons. The molecule has 0 aromatic carbocycles. The van der Waals surface area contributed by atoms with E-state index >= 15 is 0 Å². The average Bonchev–Trinajstić information content (AvgIpc) is 1.61. The Labute approximate surface area is 51.5 Å². The minimum atomic E-state index is -1.34. The van der Waals surface area contributed by atoms with Crippen molar-refractivity contribution in [2.24, 2.45) is 0 Å². The molecular formula is C4H5ClO3. The summed E-state index contributed by atoms with van der Waals surface area (Å²) < 4.78 is 3.99. The van der Waals surface area contributed by atoms with Gasteiger partial charge in [-0.05, 0) is 0 Å². The molecule has 0 atom stereocenters. The first-order chi connectivity index (χ1) is 3.63. The largest absolute Gasteiger partial charge is 0.506 e. The zero-order valence-corrected chi connectivity index (χ0v) is 4.81. The first kappa shape index (κ1) is 7.30. The van der Waals surface area contributed by atoms with E-state index < -0.39 is 6.16 Å². The van der Waals surface area contributed by atoms with Crippen LogP contribution in [0.25, 0.3) is 0 Å². The SMILES string of the molecule is C=C(Cl)COC(=O)O. The van der Waals surface area contributed by atoms with Crippen LogP contribution in [0.15, 0.2) is 11.6 Å². The van der Waals surface area contributed by atoms with Crippen LogP contribution < -0.4 is 0 Å². The molecule has 0 saturated heterocycles. The van der Waals surface area contributed by atoms with Gasteiger partial charge in [0.15, 0.2) is 0 Å². The molecule has 0 aliphatic carbocycles. The molecule has 3 nitrogen and oxygen atoms in total. The summed E-state index contributed by atoms with van der Waals surface area (Å²) in [5.41, 5.74) is 0. The lowest BCUT2D eigenvalue weighted by molar-refractivity contribution is 0.101. The van der Waals surface area contributed by atoms with Gasteiger partial charge in [-0.15, -0.1) is 0 Å². The van der Waals surface area contributed by atoms with Crippen LogP contribution in [0.3, 0.4) is 0 Å². The van der Waals surface area contributed by atoms with Crippen LogP contribution in [0.2, 0.25) is 0 Å². The molecule has 0 fully saturated rings. The van der Waals surface area contributed by atoms with Crippen LogP contribution >= 0.6 is 11.6 Å². The predicted octanol–water partition coefficient (Wildman–Crippen LogP) is 1.43. The number of ether oxygens (including phenoxy) is 1. The normalized spacial score (nSPS) is 8.12. The molecular weight excluding hydrogens is 131 g/mol. The van der Waals surface area contributed by atoms with Crippen molar-refractivity contribution >= 4 is 17.8 Å². The second kappa shape index (κ2) is 3.32. The summed E-state index contributed by atoms with van der Waals surface area (Å²) in [5, 5.41) is 8.01. The van der Waals surface area contributed by atoms with Gasteiger partial charge in [-0.3, -0.25) is 0 Å². The van der Waals surface area contributed by atoms with Gasteiger partial charge in [0.1, 0.15) is 6.61 Å². The Bertz CT molecular complexity index is 95.9. The summed E-state index contributed by atoms with van der Waals surface area (Å²) in [4.78, 5) is 9.58. The van der Waals surface area contributed by atoms with Gasteiger partial charge in [-0.25, -0.2) is 4.79 Å². The molecule has 0 saturated carbocycles.